The van der Waals surface area contributed by atoms with E-state index in [1.54, 1.807) is 33.8 Å². The van der Waals surface area contributed by atoms with E-state index in [0.29, 0.717) is 32.5 Å². The first-order valence-electron chi connectivity index (χ1n) is 11.4. The fraction of sp³-hybridized carbons (Fsp3) is 0.0769. The quantitative estimate of drug-likeness (QED) is 0.194. The average molecular weight is 545 g/mol. The lowest BCUT2D eigenvalue weighted by Gasteiger charge is -2.20. The van der Waals surface area contributed by atoms with Gasteiger partial charge in [-0.2, -0.15) is 5.10 Å². The van der Waals surface area contributed by atoms with Crippen LogP contribution in [0.1, 0.15) is 10.9 Å². The van der Waals surface area contributed by atoms with Crippen molar-refractivity contribution in [2.75, 3.05) is 10.7 Å². The van der Waals surface area contributed by atoms with Crippen LogP contribution in [0.3, 0.4) is 0 Å². The van der Waals surface area contributed by atoms with Crippen LogP contribution in [0.4, 0.5) is 15.2 Å². The monoisotopic (exact) mass is 544 g/mol. The Balaban J connectivity index is 1.44. The number of para-hydroxylation sites is 1. The van der Waals surface area contributed by atoms with Crippen LogP contribution in [-0.2, 0) is 4.79 Å². The molecule has 0 spiro atoms. The molecular weight excluding hydrogens is 527 g/mol. The summed E-state index contributed by atoms with van der Waals surface area (Å²) in [6, 6.07) is 21.7. The second-order valence-electron chi connectivity index (χ2n) is 8.34. The predicted molar refractivity (Wildman–Crippen MR) is 144 cm³/mol. The number of hydrogen-bond acceptors (Lipinski definition) is 8. The molecule has 0 saturated carbocycles. The fourth-order valence-corrected chi connectivity index (χ4v) is 6.28. The summed E-state index contributed by atoms with van der Waals surface area (Å²) in [6.45, 7) is 0. The summed E-state index contributed by atoms with van der Waals surface area (Å²) in [5, 5.41) is 25.2. The zero-order valence-corrected chi connectivity index (χ0v) is 21.1. The lowest BCUT2D eigenvalue weighted by Crippen LogP contribution is -2.27. The highest BCUT2D eigenvalue weighted by atomic mass is 32.2. The molecule has 12 heteroatoms. The number of rotatable bonds is 6. The minimum absolute atomic E-state index is 0.0530. The first kappa shape index (κ1) is 23.9. The Hall–Kier alpha value is -4.42. The SMILES string of the molecule is O=C1CSC(c2cn(-c3ccccc3)nc2-c2cccc([N+](=O)[O-])c2)N1c1nnc(-c2ccc(F)cc2)s1. The molecule has 1 unspecified atom stereocenters. The number of nitrogens with zero attached hydrogens (tertiary/aromatic N) is 6. The van der Waals surface area contributed by atoms with Crippen LogP contribution in [-0.4, -0.2) is 36.6 Å². The summed E-state index contributed by atoms with van der Waals surface area (Å²) in [7, 11) is 0. The molecule has 1 amide bonds. The third-order valence-corrected chi connectivity index (χ3v) is 8.10. The highest BCUT2D eigenvalue weighted by Crippen LogP contribution is 2.46. The van der Waals surface area contributed by atoms with Crippen molar-refractivity contribution in [1.29, 1.82) is 0 Å². The number of halogens is 1. The number of carbonyl (C=O) groups excluding carboxylic acids is 1. The molecule has 0 aliphatic carbocycles. The van der Waals surface area contributed by atoms with Gasteiger partial charge < -0.3 is 0 Å². The number of aromatic nitrogens is 4. The predicted octanol–water partition coefficient (Wildman–Crippen LogP) is 5.88. The molecule has 1 fully saturated rings. The summed E-state index contributed by atoms with van der Waals surface area (Å²) in [6.07, 6.45) is 1.84. The van der Waals surface area contributed by atoms with Gasteiger partial charge in [-0.15, -0.1) is 22.0 Å². The second-order valence-corrected chi connectivity index (χ2v) is 10.4. The summed E-state index contributed by atoms with van der Waals surface area (Å²) in [5.74, 6) is -0.269. The van der Waals surface area contributed by atoms with Crippen molar-refractivity contribution in [3.63, 3.8) is 0 Å². The first-order chi connectivity index (χ1) is 18.5. The number of thioether (sulfide) groups is 1. The summed E-state index contributed by atoms with van der Waals surface area (Å²) < 4.78 is 15.1. The minimum Gasteiger partial charge on any atom is -0.273 e. The summed E-state index contributed by atoms with van der Waals surface area (Å²) >= 11 is 2.65. The number of benzene rings is 3. The van der Waals surface area contributed by atoms with E-state index < -0.39 is 10.3 Å². The van der Waals surface area contributed by atoms with Gasteiger partial charge in [0.25, 0.3) is 5.69 Å². The number of anilines is 1. The van der Waals surface area contributed by atoms with E-state index in [4.69, 9.17) is 5.10 Å². The Morgan fingerprint density at radius 1 is 0.974 bits per heavy atom. The van der Waals surface area contributed by atoms with Crippen LogP contribution in [0.2, 0.25) is 0 Å². The molecule has 1 saturated heterocycles. The molecule has 38 heavy (non-hydrogen) atoms. The van der Waals surface area contributed by atoms with Crippen molar-refractivity contribution < 1.29 is 14.1 Å². The van der Waals surface area contributed by atoms with Crippen LogP contribution in [0.25, 0.3) is 27.5 Å². The Kier molecular flexibility index (Phi) is 6.18. The molecule has 1 aliphatic heterocycles. The molecule has 5 aromatic rings. The topological polar surface area (TPSA) is 107 Å². The average Bonchev–Trinajstić information content (AvgIpc) is 3.68. The lowest BCUT2D eigenvalue weighted by atomic mass is 10.1. The highest BCUT2D eigenvalue weighted by molar-refractivity contribution is 8.00. The molecule has 9 nitrogen and oxygen atoms in total. The third-order valence-electron chi connectivity index (χ3n) is 5.94. The molecule has 6 rings (SSSR count). The Morgan fingerprint density at radius 3 is 2.53 bits per heavy atom. The largest absolute Gasteiger partial charge is 0.273 e. The standard InChI is InChI=1S/C26H17FN6O3S2/c27-18-11-9-16(10-12-18)24-28-29-26(38-24)32-22(34)15-37-25(32)21-14-31(19-6-2-1-3-7-19)30-23(21)17-5-4-8-20(13-17)33(35)36/h1-14,25H,15H2. The number of carbonyl (C=O) groups is 1. The second kappa shape index (κ2) is 9.80. The summed E-state index contributed by atoms with van der Waals surface area (Å²) in [5.41, 5.74) is 3.25. The molecule has 188 valence electrons. The van der Waals surface area contributed by atoms with Gasteiger partial charge in [-0.05, 0) is 36.4 Å². The van der Waals surface area contributed by atoms with Crippen molar-refractivity contribution >= 4 is 39.8 Å². The van der Waals surface area contributed by atoms with Gasteiger partial charge in [0.2, 0.25) is 11.0 Å². The Bertz CT molecular complexity index is 1660. The molecule has 0 radical (unpaired) electrons. The molecule has 2 aromatic heterocycles. The van der Waals surface area contributed by atoms with E-state index in [9.17, 15) is 19.3 Å². The molecule has 1 atom stereocenters. The van der Waals surface area contributed by atoms with Gasteiger partial charge in [0.1, 0.15) is 16.2 Å². The smallest absolute Gasteiger partial charge is 0.270 e. The van der Waals surface area contributed by atoms with E-state index in [-0.39, 0.29) is 23.2 Å². The van der Waals surface area contributed by atoms with Gasteiger partial charge in [0, 0.05) is 35.0 Å². The number of nitro groups is 1. The molecule has 3 aromatic carbocycles. The van der Waals surface area contributed by atoms with Crippen molar-refractivity contribution in [3.05, 3.63) is 107 Å². The van der Waals surface area contributed by atoms with E-state index in [0.717, 1.165) is 5.69 Å². The van der Waals surface area contributed by atoms with Gasteiger partial charge >= 0.3 is 0 Å². The third kappa shape index (κ3) is 4.44. The van der Waals surface area contributed by atoms with Gasteiger partial charge in [0.15, 0.2) is 0 Å². The molecule has 0 N–H and O–H groups in total. The number of amides is 1. The number of hydrogen-bond donors (Lipinski definition) is 0. The van der Waals surface area contributed by atoms with E-state index in [1.165, 1.54) is 47.4 Å². The van der Waals surface area contributed by atoms with Gasteiger partial charge in [-0.3, -0.25) is 19.8 Å². The highest BCUT2D eigenvalue weighted by Gasteiger charge is 2.39. The fourth-order valence-electron chi connectivity index (χ4n) is 4.16. The van der Waals surface area contributed by atoms with Crippen LogP contribution in [0.5, 0.6) is 0 Å². The maximum absolute atomic E-state index is 13.4. The molecular formula is C26H17FN6O3S2. The van der Waals surface area contributed by atoms with Crippen LogP contribution in [0.15, 0.2) is 85.1 Å². The Labute approximate surface area is 223 Å². The number of non-ortho nitro benzene ring substituents is 1. The van der Waals surface area contributed by atoms with Crippen molar-refractivity contribution in [2.45, 2.75) is 5.37 Å². The van der Waals surface area contributed by atoms with Gasteiger partial charge in [-0.1, -0.05) is 41.7 Å². The molecule has 3 heterocycles. The van der Waals surface area contributed by atoms with Gasteiger partial charge in [-0.25, -0.2) is 9.07 Å². The maximum atomic E-state index is 13.4. The van der Waals surface area contributed by atoms with Crippen LogP contribution >= 0.6 is 23.1 Å². The normalized spacial score (nSPS) is 15.2. The Morgan fingerprint density at radius 2 is 1.76 bits per heavy atom. The maximum Gasteiger partial charge on any atom is 0.270 e. The minimum atomic E-state index is -0.483. The molecule has 0 bridgehead atoms. The van der Waals surface area contributed by atoms with E-state index in [1.807, 2.05) is 36.5 Å². The van der Waals surface area contributed by atoms with E-state index >= 15 is 0 Å². The van der Waals surface area contributed by atoms with Crippen LogP contribution < -0.4 is 4.90 Å². The molecule has 1 aliphatic rings. The lowest BCUT2D eigenvalue weighted by molar-refractivity contribution is -0.384. The number of nitro benzene ring substituents is 1. The van der Waals surface area contributed by atoms with Crippen LogP contribution in [0, 0.1) is 15.9 Å². The van der Waals surface area contributed by atoms with Crippen molar-refractivity contribution in [1.82, 2.24) is 20.0 Å². The van der Waals surface area contributed by atoms with Crippen molar-refractivity contribution in [3.8, 4) is 27.5 Å². The zero-order valence-electron chi connectivity index (χ0n) is 19.5. The van der Waals surface area contributed by atoms with Gasteiger partial charge in [0.05, 0.1) is 22.1 Å². The van der Waals surface area contributed by atoms with Crippen molar-refractivity contribution in [2.24, 2.45) is 0 Å². The summed E-state index contributed by atoms with van der Waals surface area (Å²) in [4.78, 5) is 25.7. The first-order valence-corrected chi connectivity index (χ1v) is 13.3. The zero-order chi connectivity index (χ0) is 26.2. The van der Waals surface area contributed by atoms with E-state index in [2.05, 4.69) is 10.2 Å².